The molecule has 0 spiro atoms. The van der Waals surface area contributed by atoms with Crippen LogP contribution in [0.1, 0.15) is 18.4 Å². The molecule has 0 saturated carbocycles. The number of nitrogens with zero attached hydrogens (tertiary/aromatic N) is 1. The average Bonchev–Trinajstić information content (AvgIpc) is 3.20. The van der Waals surface area contributed by atoms with Gasteiger partial charge in [-0.15, -0.1) is 0 Å². The second kappa shape index (κ2) is 10.5. The summed E-state index contributed by atoms with van der Waals surface area (Å²) in [7, 11) is 0. The molecule has 29 heavy (non-hydrogen) atoms. The molecule has 2 rings (SSSR count). The maximum atomic E-state index is 12.8. The summed E-state index contributed by atoms with van der Waals surface area (Å²) in [5, 5.41) is 22.4. The fourth-order valence-corrected chi connectivity index (χ4v) is 3.22. The number of aliphatic hydroxyl groups is 1. The molecule has 0 radical (unpaired) electrons. The molecule has 0 bridgehead atoms. The van der Waals surface area contributed by atoms with Crippen LogP contribution in [-0.4, -0.2) is 76.6 Å². The van der Waals surface area contributed by atoms with E-state index >= 15 is 0 Å². The van der Waals surface area contributed by atoms with Crippen LogP contribution in [0.25, 0.3) is 0 Å². The SMILES string of the molecule is NC(Cc1ccccc1)C(=O)N1CCCC1C(=O)NC(CO)C(=O)NCC(=O)O. The molecule has 3 unspecified atom stereocenters. The zero-order valence-electron chi connectivity index (χ0n) is 15.9. The maximum absolute atomic E-state index is 12.8. The summed E-state index contributed by atoms with van der Waals surface area (Å²) >= 11 is 0. The Labute approximate surface area is 168 Å². The predicted molar refractivity (Wildman–Crippen MR) is 103 cm³/mol. The van der Waals surface area contributed by atoms with Gasteiger partial charge in [0, 0.05) is 6.54 Å². The largest absolute Gasteiger partial charge is 0.480 e. The van der Waals surface area contributed by atoms with E-state index in [1.807, 2.05) is 30.3 Å². The van der Waals surface area contributed by atoms with Crippen molar-refractivity contribution in [1.29, 1.82) is 0 Å². The number of carbonyl (C=O) groups excluding carboxylic acids is 3. The molecule has 1 aliphatic rings. The molecule has 0 aliphatic carbocycles. The zero-order valence-corrected chi connectivity index (χ0v) is 15.9. The van der Waals surface area contributed by atoms with E-state index in [4.69, 9.17) is 10.8 Å². The number of nitrogens with one attached hydrogen (secondary N) is 2. The number of hydrogen-bond acceptors (Lipinski definition) is 6. The van der Waals surface area contributed by atoms with Crippen LogP contribution >= 0.6 is 0 Å². The summed E-state index contributed by atoms with van der Waals surface area (Å²) in [4.78, 5) is 49.2. The topological polar surface area (TPSA) is 162 Å². The smallest absolute Gasteiger partial charge is 0.322 e. The van der Waals surface area contributed by atoms with Crippen molar-refractivity contribution in [2.24, 2.45) is 5.73 Å². The lowest BCUT2D eigenvalue weighted by Crippen LogP contribution is -2.56. The van der Waals surface area contributed by atoms with Gasteiger partial charge < -0.3 is 31.5 Å². The van der Waals surface area contributed by atoms with Gasteiger partial charge in [-0.2, -0.15) is 0 Å². The van der Waals surface area contributed by atoms with Crippen molar-refractivity contribution in [2.75, 3.05) is 19.7 Å². The van der Waals surface area contributed by atoms with Crippen LogP contribution in [0.3, 0.4) is 0 Å². The number of hydrogen-bond donors (Lipinski definition) is 5. The van der Waals surface area contributed by atoms with Gasteiger partial charge in [0.05, 0.1) is 12.6 Å². The Morgan fingerprint density at radius 1 is 1.21 bits per heavy atom. The molecule has 10 nitrogen and oxygen atoms in total. The Hall–Kier alpha value is -2.98. The zero-order chi connectivity index (χ0) is 21.4. The number of carboxylic acid groups (broad SMARTS) is 1. The Morgan fingerprint density at radius 2 is 1.90 bits per heavy atom. The van der Waals surface area contributed by atoms with E-state index < -0.39 is 49.1 Å². The minimum absolute atomic E-state index is 0.335. The number of nitrogens with two attached hydrogens (primary N) is 1. The third kappa shape index (κ3) is 6.26. The minimum Gasteiger partial charge on any atom is -0.480 e. The molecule has 1 saturated heterocycles. The summed E-state index contributed by atoms with van der Waals surface area (Å²) in [5.41, 5.74) is 6.96. The van der Waals surface area contributed by atoms with Crippen LogP contribution in [-0.2, 0) is 25.6 Å². The molecular weight excluding hydrogens is 380 g/mol. The van der Waals surface area contributed by atoms with Crippen molar-refractivity contribution in [2.45, 2.75) is 37.4 Å². The number of likely N-dealkylation sites (tertiary alicyclic amines) is 1. The van der Waals surface area contributed by atoms with Gasteiger partial charge in [0.2, 0.25) is 17.7 Å². The number of amides is 3. The van der Waals surface area contributed by atoms with Crippen LogP contribution in [0.5, 0.6) is 0 Å². The van der Waals surface area contributed by atoms with Gasteiger partial charge in [0.25, 0.3) is 0 Å². The fraction of sp³-hybridized carbons (Fsp3) is 0.474. The Kier molecular flexibility index (Phi) is 8.10. The number of aliphatic hydroxyl groups excluding tert-OH is 1. The highest BCUT2D eigenvalue weighted by Gasteiger charge is 2.37. The number of carboxylic acids is 1. The fourth-order valence-electron chi connectivity index (χ4n) is 3.22. The second-order valence-electron chi connectivity index (χ2n) is 6.84. The first-order valence-corrected chi connectivity index (χ1v) is 9.34. The van der Waals surface area contributed by atoms with E-state index in [0.717, 1.165) is 5.56 Å². The van der Waals surface area contributed by atoms with Crippen LogP contribution in [0.4, 0.5) is 0 Å². The van der Waals surface area contributed by atoms with Crippen LogP contribution in [0.2, 0.25) is 0 Å². The van der Waals surface area contributed by atoms with Gasteiger partial charge in [0.1, 0.15) is 18.6 Å². The number of carbonyl (C=O) groups is 4. The molecule has 1 heterocycles. The van der Waals surface area contributed by atoms with Crippen molar-refractivity contribution in [3.63, 3.8) is 0 Å². The van der Waals surface area contributed by atoms with Crippen molar-refractivity contribution < 1.29 is 29.4 Å². The van der Waals surface area contributed by atoms with Gasteiger partial charge in [0.15, 0.2) is 0 Å². The van der Waals surface area contributed by atoms with Gasteiger partial charge in [-0.1, -0.05) is 30.3 Å². The molecule has 3 amide bonds. The molecule has 6 N–H and O–H groups in total. The monoisotopic (exact) mass is 406 g/mol. The highest BCUT2D eigenvalue weighted by atomic mass is 16.4. The Bertz CT molecular complexity index is 741. The Balaban J connectivity index is 1.97. The third-order valence-electron chi connectivity index (χ3n) is 4.68. The van der Waals surface area contributed by atoms with Crippen molar-refractivity contribution in [1.82, 2.24) is 15.5 Å². The second-order valence-corrected chi connectivity index (χ2v) is 6.84. The normalized spacial score (nSPS) is 18.0. The van der Waals surface area contributed by atoms with E-state index in [0.29, 0.717) is 25.8 Å². The van der Waals surface area contributed by atoms with Crippen molar-refractivity contribution in [3.05, 3.63) is 35.9 Å². The molecular formula is C19H26N4O6. The van der Waals surface area contributed by atoms with Crippen molar-refractivity contribution in [3.8, 4) is 0 Å². The van der Waals surface area contributed by atoms with Gasteiger partial charge in [-0.05, 0) is 24.8 Å². The number of rotatable bonds is 9. The summed E-state index contributed by atoms with van der Waals surface area (Å²) in [6.45, 7) is -0.965. The summed E-state index contributed by atoms with van der Waals surface area (Å²) in [5.74, 6) is -3.02. The first-order valence-electron chi connectivity index (χ1n) is 9.34. The van der Waals surface area contributed by atoms with E-state index in [9.17, 15) is 24.3 Å². The number of aliphatic carboxylic acids is 1. The van der Waals surface area contributed by atoms with E-state index in [1.165, 1.54) is 4.90 Å². The van der Waals surface area contributed by atoms with Crippen molar-refractivity contribution >= 4 is 23.7 Å². The molecule has 10 heteroatoms. The quantitative estimate of drug-likeness (QED) is 0.324. The molecule has 1 aromatic rings. The first-order chi connectivity index (χ1) is 13.8. The number of benzene rings is 1. The molecule has 1 aliphatic heterocycles. The molecule has 1 aromatic carbocycles. The van der Waals surface area contributed by atoms with Gasteiger partial charge in [-0.25, -0.2) is 0 Å². The Morgan fingerprint density at radius 3 is 2.52 bits per heavy atom. The average molecular weight is 406 g/mol. The molecule has 0 aromatic heterocycles. The standard InChI is InChI=1S/C19H26N4O6/c20-13(9-12-5-2-1-3-6-12)19(29)23-8-4-7-15(23)18(28)22-14(11-24)17(27)21-10-16(25)26/h1-3,5-6,13-15,24H,4,7-11,20H2,(H,21,27)(H,22,28)(H,25,26). The van der Waals surface area contributed by atoms with E-state index in [-0.39, 0.29) is 5.91 Å². The van der Waals surface area contributed by atoms with Gasteiger partial charge in [-0.3, -0.25) is 19.2 Å². The lowest BCUT2D eigenvalue weighted by atomic mass is 10.1. The summed E-state index contributed by atoms with van der Waals surface area (Å²) in [6, 6.07) is 6.38. The summed E-state index contributed by atoms with van der Waals surface area (Å²) < 4.78 is 0. The lowest BCUT2D eigenvalue weighted by molar-refractivity contribution is -0.141. The molecule has 1 fully saturated rings. The maximum Gasteiger partial charge on any atom is 0.322 e. The first kappa shape index (κ1) is 22.3. The highest BCUT2D eigenvalue weighted by molar-refractivity contribution is 5.94. The van der Waals surface area contributed by atoms with E-state index in [2.05, 4.69) is 10.6 Å². The summed E-state index contributed by atoms with van der Waals surface area (Å²) in [6.07, 6.45) is 1.35. The highest BCUT2D eigenvalue weighted by Crippen LogP contribution is 2.19. The third-order valence-corrected chi connectivity index (χ3v) is 4.68. The van der Waals surface area contributed by atoms with Crippen LogP contribution in [0, 0.1) is 0 Å². The lowest BCUT2D eigenvalue weighted by Gasteiger charge is -2.28. The molecule has 158 valence electrons. The predicted octanol–water partition coefficient (Wildman–Crippen LogP) is -1.77. The van der Waals surface area contributed by atoms with Crippen LogP contribution < -0.4 is 16.4 Å². The van der Waals surface area contributed by atoms with Crippen LogP contribution in [0.15, 0.2) is 30.3 Å². The van der Waals surface area contributed by atoms with E-state index in [1.54, 1.807) is 0 Å². The molecule has 3 atom stereocenters. The minimum atomic E-state index is -1.31. The van der Waals surface area contributed by atoms with Gasteiger partial charge >= 0.3 is 5.97 Å².